The number of aryl methyl sites for hydroxylation is 1. The molecule has 152 valence electrons. The molecule has 0 aliphatic carbocycles. The summed E-state index contributed by atoms with van der Waals surface area (Å²) < 4.78 is 22.1. The second kappa shape index (κ2) is 9.88. The first-order valence-corrected chi connectivity index (χ1v) is 9.25. The molecule has 0 radical (unpaired) electrons. The molecule has 0 saturated heterocycles. The number of methoxy groups -OCH3 is 3. The molecule has 0 heterocycles. The van der Waals surface area contributed by atoms with Crippen molar-refractivity contribution >= 4 is 5.91 Å². The fraction of sp³-hybridized carbons (Fsp3) is 0.409. The number of rotatable bonds is 9. The molecule has 1 atom stereocenters. The molecule has 2 aromatic carbocycles. The Kier molecular flexibility index (Phi) is 7.55. The Morgan fingerprint density at radius 1 is 0.964 bits per heavy atom. The summed E-state index contributed by atoms with van der Waals surface area (Å²) in [5.41, 5.74) is 2.95. The van der Waals surface area contributed by atoms with Gasteiger partial charge in [0.25, 0.3) is 5.91 Å². The average Bonchev–Trinajstić information content (AvgIpc) is 2.71. The van der Waals surface area contributed by atoms with Gasteiger partial charge in [-0.1, -0.05) is 19.1 Å². The SMILES string of the molecule is CC[C@H](Oc1cccc(C)c1C)C(=O)NCc1ccc(OC)c(OC)c1OC. The van der Waals surface area contributed by atoms with Gasteiger partial charge in [-0.05, 0) is 49.6 Å². The number of hydrogen-bond donors (Lipinski definition) is 1. The Labute approximate surface area is 166 Å². The van der Waals surface area contributed by atoms with E-state index in [-0.39, 0.29) is 12.5 Å². The molecule has 0 saturated carbocycles. The van der Waals surface area contributed by atoms with E-state index in [1.165, 1.54) is 0 Å². The topological polar surface area (TPSA) is 66.0 Å². The van der Waals surface area contributed by atoms with Crippen LogP contribution in [0.25, 0.3) is 0 Å². The molecule has 0 aliphatic rings. The van der Waals surface area contributed by atoms with Gasteiger partial charge in [-0.15, -0.1) is 0 Å². The third-order valence-corrected chi connectivity index (χ3v) is 4.73. The summed E-state index contributed by atoms with van der Waals surface area (Å²) in [5.74, 6) is 2.14. The lowest BCUT2D eigenvalue weighted by Gasteiger charge is -2.20. The van der Waals surface area contributed by atoms with E-state index < -0.39 is 6.10 Å². The minimum absolute atomic E-state index is 0.180. The van der Waals surface area contributed by atoms with Crippen molar-refractivity contribution in [1.82, 2.24) is 5.32 Å². The molecule has 0 bridgehead atoms. The van der Waals surface area contributed by atoms with Gasteiger partial charge in [-0.2, -0.15) is 0 Å². The lowest BCUT2D eigenvalue weighted by molar-refractivity contribution is -0.128. The highest BCUT2D eigenvalue weighted by Crippen LogP contribution is 2.39. The van der Waals surface area contributed by atoms with Crippen LogP contribution >= 0.6 is 0 Å². The summed E-state index contributed by atoms with van der Waals surface area (Å²) in [6.45, 7) is 6.22. The molecule has 0 spiro atoms. The van der Waals surface area contributed by atoms with Crippen LogP contribution in [0.4, 0.5) is 0 Å². The van der Waals surface area contributed by atoms with Crippen LogP contribution in [-0.2, 0) is 11.3 Å². The molecule has 6 heteroatoms. The predicted molar refractivity (Wildman–Crippen MR) is 109 cm³/mol. The zero-order valence-corrected chi connectivity index (χ0v) is 17.4. The number of benzene rings is 2. The van der Waals surface area contributed by atoms with Crippen LogP contribution in [0.3, 0.4) is 0 Å². The highest BCUT2D eigenvalue weighted by molar-refractivity contribution is 5.81. The zero-order valence-electron chi connectivity index (χ0n) is 17.4. The van der Waals surface area contributed by atoms with Gasteiger partial charge in [0.2, 0.25) is 5.75 Å². The molecule has 28 heavy (non-hydrogen) atoms. The van der Waals surface area contributed by atoms with Crippen molar-refractivity contribution in [3.63, 3.8) is 0 Å². The van der Waals surface area contributed by atoms with Crippen molar-refractivity contribution < 1.29 is 23.7 Å². The third-order valence-electron chi connectivity index (χ3n) is 4.73. The lowest BCUT2D eigenvalue weighted by Crippen LogP contribution is -2.37. The molecule has 0 aromatic heterocycles. The Morgan fingerprint density at radius 3 is 2.29 bits per heavy atom. The number of amides is 1. The number of ether oxygens (including phenoxy) is 4. The third kappa shape index (κ3) is 4.68. The quantitative estimate of drug-likeness (QED) is 0.709. The summed E-state index contributed by atoms with van der Waals surface area (Å²) in [4.78, 5) is 12.7. The Hall–Kier alpha value is -2.89. The van der Waals surface area contributed by atoms with Gasteiger partial charge in [0.1, 0.15) is 5.75 Å². The van der Waals surface area contributed by atoms with Gasteiger partial charge in [0.05, 0.1) is 21.3 Å². The van der Waals surface area contributed by atoms with Crippen LogP contribution in [0.1, 0.15) is 30.0 Å². The van der Waals surface area contributed by atoms with E-state index in [1.807, 2.05) is 45.0 Å². The van der Waals surface area contributed by atoms with E-state index in [0.29, 0.717) is 23.7 Å². The van der Waals surface area contributed by atoms with E-state index >= 15 is 0 Å². The molecule has 2 aromatic rings. The maximum Gasteiger partial charge on any atom is 0.261 e. The number of hydrogen-bond acceptors (Lipinski definition) is 5. The highest BCUT2D eigenvalue weighted by atomic mass is 16.5. The van der Waals surface area contributed by atoms with Gasteiger partial charge < -0.3 is 24.3 Å². The minimum Gasteiger partial charge on any atom is -0.493 e. The maximum atomic E-state index is 12.7. The molecule has 0 aliphatic heterocycles. The zero-order chi connectivity index (χ0) is 20.7. The van der Waals surface area contributed by atoms with Gasteiger partial charge in [-0.25, -0.2) is 0 Å². The first kappa shape index (κ1) is 21.4. The van der Waals surface area contributed by atoms with Crippen molar-refractivity contribution in [3.8, 4) is 23.0 Å². The van der Waals surface area contributed by atoms with E-state index in [1.54, 1.807) is 27.4 Å². The Bertz CT molecular complexity index is 819. The Morgan fingerprint density at radius 2 is 1.68 bits per heavy atom. The Balaban J connectivity index is 2.12. The molecule has 1 N–H and O–H groups in total. The van der Waals surface area contributed by atoms with Crippen molar-refractivity contribution in [2.75, 3.05) is 21.3 Å². The van der Waals surface area contributed by atoms with E-state index in [2.05, 4.69) is 5.32 Å². The maximum absolute atomic E-state index is 12.7. The molecular weight excluding hydrogens is 358 g/mol. The molecule has 6 nitrogen and oxygen atoms in total. The van der Waals surface area contributed by atoms with E-state index in [0.717, 1.165) is 22.4 Å². The smallest absolute Gasteiger partial charge is 0.261 e. The first-order chi connectivity index (χ1) is 13.5. The fourth-order valence-corrected chi connectivity index (χ4v) is 2.93. The molecular formula is C22H29NO5. The van der Waals surface area contributed by atoms with Crippen LogP contribution in [0.15, 0.2) is 30.3 Å². The largest absolute Gasteiger partial charge is 0.493 e. The second-order valence-corrected chi connectivity index (χ2v) is 6.42. The van der Waals surface area contributed by atoms with Gasteiger partial charge in [-0.3, -0.25) is 4.79 Å². The van der Waals surface area contributed by atoms with Gasteiger partial charge in [0, 0.05) is 12.1 Å². The summed E-state index contributed by atoms with van der Waals surface area (Å²) >= 11 is 0. The van der Waals surface area contributed by atoms with Crippen molar-refractivity contribution in [2.45, 2.75) is 39.8 Å². The molecule has 0 fully saturated rings. The first-order valence-electron chi connectivity index (χ1n) is 9.25. The normalized spacial score (nSPS) is 11.5. The van der Waals surface area contributed by atoms with Crippen molar-refractivity contribution in [3.05, 3.63) is 47.0 Å². The lowest BCUT2D eigenvalue weighted by atomic mass is 10.1. The van der Waals surface area contributed by atoms with Gasteiger partial charge >= 0.3 is 0 Å². The summed E-state index contributed by atoms with van der Waals surface area (Å²) in [6.07, 6.45) is -0.0194. The standard InChI is InChI=1S/C22H29NO5/c1-7-17(28-18-10-8-9-14(2)15(18)3)22(24)23-13-16-11-12-19(25-4)21(27-6)20(16)26-5/h8-12,17H,7,13H2,1-6H3,(H,23,24)/t17-/m0/s1. The number of carbonyl (C=O) groups excluding carboxylic acids is 1. The van der Waals surface area contributed by atoms with Crippen molar-refractivity contribution in [1.29, 1.82) is 0 Å². The monoisotopic (exact) mass is 387 g/mol. The van der Waals surface area contributed by atoms with E-state index in [9.17, 15) is 4.79 Å². The van der Waals surface area contributed by atoms with Crippen LogP contribution < -0.4 is 24.3 Å². The van der Waals surface area contributed by atoms with Crippen LogP contribution in [0, 0.1) is 13.8 Å². The fourth-order valence-electron chi connectivity index (χ4n) is 2.93. The van der Waals surface area contributed by atoms with Crippen LogP contribution in [-0.4, -0.2) is 33.3 Å². The summed E-state index contributed by atoms with van der Waals surface area (Å²) in [5, 5.41) is 2.93. The molecule has 0 unspecified atom stereocenters. The average molecular weight is 387 g/mol. The second-order valence-electron chi connectivity index (χ2n) is 6.42. The number of nitrogens with one attached hydrogen (secondary N) is 1. The van der Waals surface area contributed by atoms with Crippen LogP contribution in [0.5, 0.6) is 23.0 Å². The number of carbonyl (C=O) groups is 1. The summed E-state index contributed by atoms with van der Waals surface area (Å²) in [7, 11) is 4.67. The van der Waals surface area contributed by atoms with Crippen LogP contribution in [0.2, 0.25) is 0 Å². The minimum atomic E-state index is -0.577. The highest BCUT2D eigenvalue weighted by Gasteiger charge is 2.21. The van der Waals surface area contributed by atoms with Gasteiger partial charge in [0.15, 0.2) is 17.6 Å². The van der Waals surface area contributed by atoms with Crippen molar-refractivity contribution in [2.24, 2.45) is 0 Å². The van der Waals surface area contributed by atoms with E-state index in [4.69, 9.17) is 18.9 Å². The molecule has 2 rings (SSSR count). The molecule has 1 amide bonds. The summed E-state index contributed by atoms with van der Waals surface area (Å²) in [6, 6.07) is 9.46. The predicted octanol–water partition coefficient (Wildman–Crippen LogP) is 3.80.